The van der Waals surface area contributed by atoms with Gasteiger partial charge in [-0.2, -0.15) is 0 Å². The number of carbonyl (C=O) groups excluding carboxylic acids is 3. The van der Waals surface area contributed by atoms with Crippen molar-refractivity contribution < 1.29 is 23.9 Å². The number of nitrogens with one attached hydrogen (secondary N) is 2. The zero-order valence-corrected chi connectivity index (χ0v) is 26.5. The van der Waals surface area contributed by atoms with Crippen LogP contribution in [0.2, 0.25) is 10.0 Å². The van der Waals surface area contributed by atoms with E-state index in [1.54, 1.807) is 30.5 Å². The van der Waals surface area contributed by atoms with Crippen LogP contribution in [0.5, 0.6) is 5.88 Å². The van der Waals surface area contributed by atoms with E-state index in [9.17, 15) is 19.2 Å². The highest BCUT2D eigenvalue weighted by Crippen LogP contribution is 2.42. The molecule has 0 unspecified atom stereocenters. The molecular formula is C34H27Cl2N5O6. The predicted molar refractivity (Wildman–Crippen MR) is 177 cm³/mol. The number of fused-ring (bicyclic) bond motifs is 1. The number of hydrogen-bond acceptors (Lipinski definition) is 8. The molecule has 3 aromatic heterocycles. The normalized spacial score (nSPS) is 14.1. The van der Waals surface area contributed by atoms with E-state index >= 15 is 0 Å². The van der Waals surface area contributed by atoms with E-state index < -0.39 is 6.09 Å². The highest BCUT2D eigenvalue weighted by molar-refractivity contribution is 6.39. The lowest BCUT2D eigenvalue weighted by Crippen LogP contribution is -2.38. The van der Waals surface area contributed by atoms with Crippen LogP contribution in [0.25, 0.3) is 39.2 Å². The van der Waals surface area contributed by atoms with Crippen molar-refractivity contribution in [3.63, 3.8) is 0 Å². The second-order valence-electron chi connectivity index (χ2n) is 10.7. The van der Waals surface area contributed by atoms with Crippen LogP contribution < -0.4 is 20.9 Å². The van der Waals surface area contributed by atoms with Crippen LogP contribution in [-0.4, -0.2) is 52.4 Å². The summed E-state index contributed by atoms with van der Waals surface area (Å²) in [5.74, 6) is 0.144. The molecule has 0 aliphatic carbocycles. The first-order valence-electron chi connectivity index (χ1n) is 14.6. The van der Waals surface area contributed by atoms with Gasteiger partial charge in [0.2, 0.25) is 11.8 Å². The standard InChI is InChI=1S/C34H27Cl2N5O6/c1-46-33-20(17-42)8-10-27(40-33)26-7-3-6-25(32(26)36)24-5-2-4-23(31(24)35)19-12-13-41-28(14-19)38-22(15-30(41)44)18-47-34(45)37-16-21-9-11-29(43)39-21/h2-8,10,12-15,17,21H,9,11,16,18H2,1H3,(H,37,45)(H,39,43)/t21-/m0/s1. The Kier molecular flexibility index (Phi) is 9.19. The van der Waals surface area contributed by atoms with Crippen LogP contribution >= 0.6 is 23.2 Å². The minimum absolute atomic E-state index is 0.0470. The molecule has 1 saturated heterocycles. The third kappa shape index (κ3) is 6.67. The van der Waals surface area contributed by atoms with Gasteiger partial charge < -0.3 is 20.1 Å². The number of benzene rings is 2. The van der Waals surface area contributed by atoms with Gasteiger partial charge in [0.1, 0.15) is 12.3 Å². The Bertz CT molecular complexity index is 2100. The summed E-state index contributed by atoms with van der Waals surface area (Å²) >= 11 is 13.9. The average Bonchev–Trinajstić information content (AvgIpc) is 3.51. The lowest BCUT2D eigenvalue weighted by atomic mass is 9.97. The molecule has 238 valence electrons. The summed E-state index contributed by atoms with van der Waals surface area (Å²) < 4.78 is 11.9. The summed E-state index contributed by atoms with van der Waals surface area (Å²) in [6.45, 7) is 0.0275. The van der Waals surface area contributed by atoms with Gasteiger partial charge in [-0.15, -0.1) is 0 Å². The van der Waals surface area contributed by atoms with Gasteiger partial charge >= 0.3 is 6.09 Å². The number of carbonyl (C=O) groups is 3. The minimum Gasteiger partial charge on any atom is -0.480 e. The third-order valence-corrected chi connectivity index (χ3v) is 8.55. The van der Waals surface area contributed by atoms with E-state index in [4.69, 9.17) is 32.7 Å². The topological polar surface area (TPSA) is 141 Å². The molecule has 1 atom stereocenters. The van der Waals surface area contributed by atoms with Gasteiger partial charge in [0.25, 0.3) is 5.56 Å². The highest BCUT2D eigenvalue weighted by Gasteiger charge is 2.21. The Hall–Kier alpha value is -5.26. The van der Waals surface area contributed by atoms with Gasteiger partial charge in [-0.05, 0) is 36.2 Å². The molecule has 13 heteroatoms. The van der Waals surface area contributed by atoms with Crippen molar-refractivity contribution in [2.45, 2.75) is 25.5 Å². The molecule has 0 saturated carbocycles. The first-order chi connectivity index (χ1) is 22.7. The Morgan fingerprint density at radius 2 is 1.72 bits per heavy atom. The third-order valence-electron chi connectivity index (χ3n) is 7.73. The van der Waals surface area contributed by atoms with Crippen molar-refractivity contribution in [1.29, 1.82) is 0 Å². The average molecular weight is 673 g/mol. The zero-order chi connectivity index (χ0) is 33.1. The van der Waals surface area contributed by atoms with Crippen molar-refractivity contribution in [2.24, 2.45) is 0 Å². The molecule has 2 N–H and O–H groups in total. The first kappa shape index (κ1) is 31.7. The van der Waals surface area contributed by atoms with E-state index in [-0.39, 0.29) is 42.2 Å². The van der Waals surface area contributed by atoms with Crippen LogP contribution in [0.4, 0.5) is 4.79 Å². The van der Waals surface area contributed by atoms with Gasteiger partial charge in [-0.1, -0.05) is 59.6 Å². The van der Waals surface area contributed by atoms with Gasteiger partial charge in [-0.25, -0.2) is 14.8 Å². The predicted octanol–water partition coefficient (Wildman–Crippen LogP) is 5.72. The number of rotatable bonds is 9. The van der Waals surface area contributed by atoms with Crippen LogP contribution in [0.15, 0.2) is 77.7 Å². The summed E-state index contributed by atoms with van der Waals surface area (Å²) in [5.41, 5.74) is 4.45. The minimum atomic E-state index is -0.680. The van der Waals surface area contributed by atoms with E-state index in [0.29, 0.717) is 73.9 Å². The van der Waals surface area contributed by atoms with Gasteiger partial charge in [0, 0.05) is 53.5 Å². The SMILES string of the molecule is COc1nc(-c2cccc(-c3cccc(-c4ccn5c(=O)cc(COC(=O)NC[C@@H]6CCC(=O)N6)nc5c4)c3Cl)c2Cl)ccc1C=O. The van der Waals surface area contributed by atoms with E-state index in [0.717, 1.165) is 0 Å². The molecule has 11 nitrogen and oxygen atoms in total. The molecule has 0 bridgehead atoms. The molecule has 1 fully saturated rings. The number of hydrogen-bond donors (Lipinski definition) is 2. The van der Waals surface area contributed by atoms with Crippen LogP contribution in [0.1, 0.15) is 28.9 Å². The van der Waals surface area contributed by atoms with E-state index in [1.807, 2.05) is 36.4 Å². The quantitative estimate of drug-likeness (QED) is 0.190. The lowest BCUT2D eigenvalue weighted by Gasteiger charge is -2.15. The molecule has 2 amide bonds. The largest absolute Gasteiger partial charge is 0.480 e. The molecular weight excluding hydrogens is 645 g/mol. The number of nitrogens with zero attached hydrogens (tertiary/aromatic N) is 3. The van der Waals surface area contributed by atoms with E-state index in [1.165, 1.54) is 17.6 Å². The Balaban J connectivity index is 1.27. The molecule has 6 rings (SSSR count). The maximum Gasteiger partial charge on any atom is 0.407 e. The molecule has 0 radical (unpaired) electrons. The van der Waals surface area contributed by atoms with Crippen molar-refractivity contribution >= 4 is 47.1 Å². The zero-order valence-electron chi connectivity index (χ0n) is 25.0. The monoisotopic (exact) mass is 671 g/mol. The molecule has 0 spiro atoms. The smallest absolute Gasteiger partial charge is 0.407 e. The summed E-state index contributed by atoms with van der Waals surface area (Å²) in [7, 11) is 1.44. The molecule has 5 aromatic rings. The summed E-state index contributed by atoms with van der Waals surface area (Å²) in [5, 5.41) is 6.22. The molecule has 4 heterocycles. The Labute approximate surface area is 278 Å². The Morgan fingerprint density at radius 1 is 1.00 bits per heavy atom. The highest BCUT2D eigenvalue weighted by atomic mass is 35.5. The maximum atomic E-state index is 12.8. The number of amides is 2. The first-order valence-corrected chi connectivity index (χ1v) is 15.3. The number of methoxy groups -OCH3 is 1. The van der Waals surface area contributed by atoms with Crippen LogP contribution in [0, 0.1) is 0 Å². The number of alkyl carbamates (subject to hydrolysis) is 1. The number of ether oxygens (including phenoxy) is 2. The second kappa shape index (κ2) is 13.6. The van der Waals surface area contributed by atoms with Gasteiger partial charge in [0.05, 0.1) is 34.1 Å². The Morgan fingerprint density at radius 3 is 2.43 bits per heavy atom. The van der Waals surface area contributed by atoms with Gasteiger partial charge in [-0.3, -0.25) is 18.8 Å². The van der Waals surface area contributed by atoms with Crippen molar-refractivity contribution in [1.82, 2.24) is 25.0 Å². The van der Waals surface area contributed by atoms with Crippen LogP contribution in [0.3, 0.4) is 0 Å². The number of aldehydes is 1. The summed E-state index contributed by atoms with van der Waals surface area (Å²) in [6, 6.07) is 19.0. The molecule has 1 aliphatic rings. The summed E-state index contributed by atoms with van der Waals surface area (Å²) in [6.07, 6.45) is 2.67. The fourth-order valence-corrected chi connectivity index (χ4v) is 6.04. The number of halogens is 2. The molecule has 1 aliphatic heterocycles. The number of aromatic nitrogens is 3. The summed E-state index contributed by atoms with van der Waals surface area (Å²) in [4.78, 5) is 56.7. The fraction of sp³-hybridized carbons (Fsp3) is 0.176. The molecule has 2 aromatic carbocycles. The number of pyridine rings is 2. The van der Waals surface area contributed by atoms with Crippen molar-refractivity contribution in [3.8, 4) is 39.4 Å². The second-order valence-corrected chi connectivity index (χ2v) is 11.5. The van der Waals surface area contributed by atoms with Crippen molar-refractivity contribution in [3.05, 3.63) is 105 Å². The van der Waals surface area contributed by atoms with Crippen molar-refractivity contribution in [2.75, 3.05) is 13.7 Å². The fourth-order valence-electron chi connectivity index (χ4n) is 5.38. The lowest BCUT2D eigenvalue weighted by molar-refractivity contribution is -0.119. The van der Waals surface area contributed by atoms with Crippen LogP contribution in [-0.2, 0) is 16.1 Å². The van der Waals surface area contributed by atoms with E-state index in [2.05, 4.69) is 20.6 Å². The van der Waals surface area contributed by atoms with Gasteiger partial charge in [0.15, 0.2) is 6.29 Å². The molecule has 47 heavy (non-hydrogen) atoms. The maximum absolute atomic E-state index is 12.8.